The van der Waals surface area contributed by atoms with Crippen molar-refractivity contribution in [2.24, 2.45) is 4.99 Å². The van der Waals surface area contributed by atoms with Crippen LogP contribution in [0.2, 0.25) is 0 Å². The Morgan fingerprint density at radius 2 is 1.58 bits per heavy atom. The van der Waals surface area contributed by atoms with Gasteiger partial charge in [-0.25, -0.2) is 19.8 Å². The number of hydrogen-bond acceptors (Lipinski definition) is 8. The molecule has 1 aromatic heterocycles. The third-order valence-electron chi connectivity index (χ3n) is 4.88. The van der Waals surface area contributed by atoms with Crippen LogP contribution in [0.1, 0.15) is 27.3 Å². The molecule has 0 aliphatic rings. The van der Waals surface area contributed by atoms with Crippen LogP contribution >= 0.6 is 12.2 Å². The Morgan fingerprint density at radius 1 is 0.944 bits per heavy atom. The highest BCUT2D eigenvalue weighted by atomic mass is 32.1. The minimum Gasteiger partial charge on any atom is -0.493 e. The van der Waals surface area contributed by atoms with E-state index in [9.17, 15) is 4.79 Å². The Balaban J connectivity index is 1.88. The lowest BCUT2D eigenvalue weighted by Crippen LogP contribution is -2.39. The smallest absolute Gasteiger partial charge is 0.340 e. The summed E-state index contributed by atoms with van der Waals surface area (Å²) in [4.78, 5) is 25.8. The maximum Gasteiger partial charge on any atom is 0.340 e. The standard InChI is InChI=1S/C25H28N6O4S/c1-15-11-16(2)28-24(27-15)30-23(26-14-17-9-7-6-8-10-17)31-25(36)29-19-13-21(34-4)20(33-3)12-18(19)22(32)35-5/h6-13H,14H2,1-5H3,(H3,26,27,28,29,30,31,36). The van der Waals surface area contributed by atoms with Gasteiger partial charge in [-0.2, -0.15) is 0 Å². The summed E-state index contributed by atoms with van der Waals surface area (Å²) in [6.45, 7) is 4.14. The largest absolute Gasteiger partial charge is 0.493 e. The first-order valence-electron chi connectivity index (χ1n) is 10.9. The summed E-state index contributed by atoms with van der Waals surface area (Å²) in [6, 6.07) is 14.7. The highest BCUT2D eigenvalue weighted by molar-refractivity contribution is 7.80. The lowest BCUT2D eigenvalue weighted by Gasteiger charge is -2.17. The number of anilines is 2. The number of methoxy groups -OCH3 is 3. The second-order valence-corrected chi connectivity index (χ2v) is 7.98. The van der Waals surface area contributed by atoms with Gasteiger partial charge in [-0.15, -0.1) is 0 Å². The fourth-order valence-corrected chi connectivity index (χ4v) is 3.48. The number of benzene rings is 2. The van der Waals surface area contributed by atoms with Crippen molar-refractivity contribution >= 4 is 40.9 Å². The van der Waals surface area contributed by atoms with E-state index >= 15 is 0 Å². The third kappa shape index (κ3) is 7.12. The van der Waals surface area contributed by atoms with Gasteiger partial charge in [0.15, 0.2) is 16.6 Å². The van der Waals surface area contributed by atoms with Gasteiger partial charge in [-0.3, -0.25) is 5.32 Å². The van der Waals surface area contributed by atoms with Crippen molar-refractivity contribution in [3.8, 4) is 11.5 Å². The first-order valence-corrected chi connectivity index (χ1v) is 11.3. The summed E-state index contributed by atoms with van der Waals surface area (Å²) < 4.78 is 15.6. The van der Waals surface area contributed by atoms with E-state index in [4.69, 9.17) is 26.4 Å². The van der Waals surface area contributed by atoms with Gasteiger partial charge in [0.25, 0.3) is 0 Å². The number of aromatic nitrogens is 2. The number of nitrogens with zero attached hydrogens (tertiary/aromatic N) is 3. The van der Waals surface area contributed by atoms with Gasteiger partial charge < -0.3 is 24.8 Å². The molecule has 3 aromatic rings. The average Bonchev–Trinajstić information content (AvgIpc) is 2.86. The maximum absolute atomic E-state index is 12.4. The van der Waals surface area contributed by atoms with Gasteiger partial charge in [0.2, 0.25) is 11.9 Å². The molecule has 0 bridgehead atoms. The van der Waals surface area contributed by atoms with Crippen molar-refractivity contribution in [1.29, 1.82) is 0 Å². The molecule has 0 fully saturated rings. The lowest BCUT2D eigenvalue weighted by molar-refractivity contribution is 0.0601. The fraction of sp³-hybridized carbons (Fsp3) is 0.240. The molecule has 3 rings (SSSR count). The van der Waals surface area contributed by atoms with Gasteiger partial charge in [0.1, 0.15) is 0 Å². The summed E-state index contributed by atoms with van der Waals surface area (Å²) in [5.74, 6) is 0.912. The fourth-order valence-electron chi connectivity index (χ4n) is 3.27. The average molecular weight is 509 g/mol. The first-order chi connectivity index (χ1) is 17.3. The van der Waals surface area contributed by atoms with E-state index < -0.39 is 5.97 Å². The van der Waals surface area contributed by atoms with E-state index in [1.165, 1.54) is 27.4 Å². The molecule has 0 spiro atoms. The summed E-state index contributed by atoms with van der Waals surface area (Å²) >= 11 is 5.53. The monoisotopic (exact) mass is 508 g/mol. The molecule has 11 heteroatoms. The minimum absolute atomic E-state index is 0.163. The number of thiocarbonyl (C=S) groups is 1. The number of carbonyl (C=O) groups is 1. The highest BCUT2D eigenvalue weighted by Gasteiger charge is 2.19. The number of hydrogen-bond donors (Lipinski definition) is 3. The molecule has 0 amide bonds. The molecule has 0 saturated heterocycles. The topological polar surface area (TPSA) is 119 Å². The van der Waals surface area contributed by atoms with Gasteiger partial charge >= 0.3 is 5.97 Å². The Morgan fingerprint density at radius 3 is 2.19 bits per heavy atom. The number of guanidine groups is 1. The number of esters is 1. The second-order valence-electron chi connectivity index (χ2n) is 7.57. The van der Waals surface area contributed by atoms with Crippen LogP contribution in [0.4, 0.5) is 11.6 Å². The normalized spacial score (nSPS) is 10.9. The second kappa shape index (κ2) is 12.5. The first kappa shape index (κ1) is 26.4. The van der Waals surface area contributed by atoms with Gasteiger partial charge in [0.05, 0.1) is 39.1 Å². The molecule has 0 unspecified atom stereocenters. The Hall–Kier alpha value is -4.25. The van der Waals surface area contributed by atoms with Crippen molar-refractivity contribution in [1.82, 2.24) is 15.3 Å². The zero-order chi connectivity index (χ0) is 26.1. The zero-order valence-electron chi connectivity index (χ0n) is 20.7. The molecule has 36 heavy (non-hydrogen) atoms. The van der Waals surface area contributed by atoms with E-state index in [-0.39, 0.29) is 10.7 Å². The van der Waals surface area contributed by atoms with E-state index in [0.717, 1.165) is 17.0 Å². The van der Waals surface area contributed by atoms with Gasteiger partial charge in [-0.1, -0.05) is 30.3 Å². The van der Waals surface area contributed by atoms with E-state index in [1.807, 2.05) is 50.2 Å². The van der Waals surface area contributed by atoms with Crippen molar-refractivity contribution in [3.63, 3.8) is 0 Å². The molecular formula is C25H28N6O4S. The van der Waals surface area contributed by atoms with Crippen LogP contribution in [0.25, 0.3) is 0 Å². The van der Waals surface area contributed by atoms with E-state index in [0.29, 0.717) is 35.6 Å². The molecular weight excluding hydrogens is 480 g/mol. The van der Waals surface area contributed by atoms with Crippen molar-refractivity contribution in [2.75, 3.05) is 32.0 Å². The van der Waals surface area contributed by atoms with E-state index in [1.54, 1.807) is 6.07 Å². The molecule has 0 saturated carbocycles. The quantitative estimate of drug-likeness (QED) is 0.188. The zero-order valence-corrected chi connectivity index (χ0v) is 21.5. The third-order valence-corrected chi connectivity index (χ3v) is 5.09. The maximum atomic E-state index is 12.4. The molecule has 0 radical (unpaired) electrons. The van der Waals surface area contributed by atoms with E-state index in [2.05, 4.69) is 30.9 Å². The van der Waals surface area contributed by atoms with Crippen LogP contribution < -0.4 is 25.4 Å². The van der Waals surface area contributed by atoms with Crippen LogP contribution in [0.15, 0.2) is 53.5 Å². The number of aliphatic imine (C=N–C) groups is 1. The SMILES string of the molecule is COC(=O)c1cc(OC)c(OC)cc1NC(=S)NC(=NCc1ccccc1)Nc1nc(C)cc(C)n1. The van der Waals surface area contributed by atoms with Crippen LogP contribution in [-0.2, 0) is 11.3 Å². The number of aryl methyl sites for hydroxylation is 2. The van der Waals surface area contributed by atoms with Gasteiger partial charge in [0, 0.05) is 23.5 Å². The number of rotatable bonds is 7. The number of carbonyl (C=O) groups excluding carboxylic acids is 1. The Bertz CT molecular complexity index is 1250. The van der Waals surface area contributed by atoms with Crippen LogP contribution in [0.5, 0.6) is 11.5 Å². The molecule has 2 aromatic carbocycles. The minimum atomic E-state index is -0.569. The van der Waals surface area contributed by atoms with Gasteiger partial charge in [-0.05, 0) is 37.7 Å². The number of ether oxygens (including phenoxy) is 3. The molecule has 188 valence electrons. The summed E-state index contributed by atoms with van der Waals surface area (Å²) in [5, 5.41) is 9.29. The Kier molecular flexibility index (Phi) is 9.12. The highest BCUT2D eigenvalue weighted by Crippen LogP contribution is 2.33. The Labute approximate surface area is 215 Å². The summed E-state index contributed by atoms with van der Waals surface area (Å²) in [6.07, 6.45) is 0. The lowest BCUT2D eigenvalue weighted by atomic mass is 10.1. The molecule has 0 atom stereocenters. The van der Waals surface area contributed by atoms with Crippen LogP contribution in [0.3, 0.4) is 0 Å². The summed E-state index contributed by atoms with van der Waals surface area (Å²) in [7, 11) is 4.27. The molecule has 0 aliphatic carbocycles. The number of nitrogens with one attached hydrogen (secondary N) is 3. The predicted molar refractivity (Wildman–Crippen MR) is 143 cm³/mol. The van der Waals surface area contributed by atoms with Crippen molar-refractivity contribution < 1.29 is 19.0 Å². The molecule has 1 heterocycles. The van der Waals surface area contributed by atoms with Crippen molar-refractivity contribution in [2.45, 2.75) is 20.4 Å². The van der Waals surface area contributed by atoms with Crippen LogP contribution in [-0.4, -0.2) is 48.3 Å². The molecule has 3 N–H and O–H groups in total. The van der Waals surface area contributed by atoms with Crippen molar-refractivity contribution in [3.05, 3.63) is 71.0 Å². The predicted octanol–water partition coefficient (Wildman–Crippen LogP) is 3.85. The molecule has 0 aliphatic heterocycles. The van der Waals surface area contributed by atoms with Crippen LogP contribution in [0, 0.1) is 13.8 Å². The summed E-state index contributed by atoms with van der Waals surface area (Å²) in [5.41, 5.74) is 3.20. The molecule has 10 nitrogen and oxygen atoms in total.